The first kappa shape index (κ1) is 22.0. The molecule has 0 aliphatic carbocycles. The van der Waals surface area contributed by atoms with E-state index in [0.29, 0.717) is 18.3 Å². The van der Waals surface area contributed by atoms with Gasteiger partial charge in [-0.3, -0.25) is 14.5 Å². The minimum atomic E-state index is -0.458. The minimum absolute atomic E-state index is 0.0958. The topological polar surface area (TPSA) is 67.2 Å². The van der Waals surface area contributed by atoms with Gasteiger partial charge in [0, 0.05) is 30.9 Å². The van der Waals surface area contributed by atoms with Gasteiger partial charge in [-0.1, -0.05) is 48.9 Å². The van der Waals surface area contributed by atoms with Crippen molar-refractivity contribution in [1.29, 1.82) is 0 Å². The lowest BCUT2D eigenvalue weighted by atomic mass is 10.0. The number of hydrogen-bond donors (Lipinski definition) is 1. The third-order valence-electron chi connectivity index (χ3n) is 6.20. The number of amides is 1. The molecular weight excluding hydrogens is 400 g/mol. The number of nitrogens with one attached hydrogen (secondary N) is 1. The van der Waals surface area contributed by atoms with E-state index < -0.39 is 5.91 Å². The van der Waals surface area contributed by atoms with Crippen molar-refractivity contribution in [2.45, 2.75) is 52.2 Å². The van der Waals surface area contributed by atoms with Crippen LogP contribution in [0.25, 0.3) is 5.69 Å². The number of rotatable bonds is 6. The van der Waals surface area contributed by atoms with Crippen molar-refractivity contribution in [3.63, 3.8) is 0 Å². The number of nitrogens with zero attached hydrogens (tertiary/aromatic N) is 3. The van der Waals surface area contributed by atoms with Gasteiger partial charge >= 0.3 is 0 Å². The van der Waals surface area contributed by atoms with Gasteiger partial charge in [0.1, 0.15) is 0 Å². The highest BCUT2D eigenvalue weighted by atomic mass is 16.2. The maximum absolute atomic E-state index is 12.9. The van der Waals surface area contributed by atoms with Crippen LogP contribution in [0.15, 0.2) is 65.5 Å². The molecule has 6 nitrogen and oxygen atoms in total. The summed E-state index contributed by atoms with van der Waals surface area (Å²) in [6.45, 7) is 6.42. The van der Waals surface area contributed by atoms with Gasteiger partial charge < -0.3 is 5.32 Å². The smallest absolute Gasteiger partial charge is 0.276 e. The summed E-state index contributed by atoms with van der Waals surface area (Å²) >= 11 is 0. The van der Waals surface area contributed by atoms with Gasteiger partial charge in [-0.15, -0.1) is 0 Å². The molecule has 2 aromatic carbocycles. The van der Waals surface area contributed by atoms with Crippen LogP contribution < -0.4 is 10.7 Å². The summed E-state index contributed by atoms with van der Waals surface area (Å²) in [5.41, 5.74) is 3.29. The molecule has 3 aromatic rings. The number of hydrogen-bond acceptors (Lipinski definition) is 4. The second-order valence-electron chi connectivity index (χ2n) is 8.51. The van der Waals surface area contributed by atoms with E-state index in [1.54, 1.807) is 11.6 Å². The van der Waals surface area contributed by atoms with Gasteiger partial charge in [0.25, 0.3) is 5.91 Å². The quantitative estimate of drug-likeness (QED) is 0.645. The number of aromatic nitrogens is 2. The Kier molecular flexibility index (Phi) is 6.81. The number of carbonyl (C=O) groups excluding carboxylic acids is 1. The van der Waals surface area contributed by atoms with Gasteiger partial charge in [-0.25, -0.2) is 4.68 Å². The lowest BCUT2D eigenvalue weighted by molar-refractivity contribution is 0.0942. The highest BCUT2D eigenvalue weighted by Crippen LogP contribution is 2.21. The molecule has 32 heavy (non-hydrogen) atoms. The Bertz CT molecular complexity index is 1140. The van der Waals surface area contributed by atoms with Gasteiger partial charge in [-0.2, -0.15) is 5.10 Å². The van der Waals surface area contributed by atoms with Gasteiger partial charge in [0.15, 0.2) is 5.69 Å². The average Bonchev–Trinajstić information content (AvgIpc) is 2.80. The van der Waals surface area contributed by atoms with Gasteiger partial charge in [0.05, 0.1) is 5.69 Å². The number of likely N-dealkylation sites (tertiary alicyclic amines) is 1. The number of para-hydroxylation sites is 1. The highest BCUT2D eigenvalue weighted by molar-refractivity contribution is 5.92. The van der Waals surface area contributed by atoms with Crippen LogP contribution in [0.4, 0.5) is 0 Å². The average molecular weight is 431 g/mol. The summed E-state index contributed by atoms with van der Waals surface area (Å²) in [7, 11) is 0. The van der Waals surface area contributed by atoms with Crippen LogP contribution in [0.5, 0.6) is 0 Å². The van der Waals surface area contributed by atoms with E-state index in [1.807, 2.05) is 48.5 Å². The van der Waals surface area contributed by atoms with Crippen LogP contribution in [0, 0.1) is 6.92 Å². The molecule has 1 N–H and O–H groups in total. The van der Waals surface area contributed by atoms with E-state index in [9.17, 15) is 9.59 Å². The summed E-state index contributed by atoms with van der Waals surface area (Å²) in [5, 5.41) is 7.27. The molecule has 1 aliphatic heterocycles. The Labute approximate surface area is 188 Å². The van der Waals surface area contributed by atoms with E-state index in [2.05, 4.69) is 28.3 Å². The monoisotopic (exact) mass is 430 g/mol. The molecule has 166 valence electrons. The predicted octanol–water partition coefficient (Wildman–Crippen LogP) is 3.85. The Morgan fingerprint density at radius 1 is 1.06 bits per heavy atom. The fourth-order valence-corrected chi connectivity index (χ4v) is 4.29. The molecule has 1 saturated heterocycles. The molecule has 6 heteroatoms. The number of benzene rings is 2. The molecule has 0 radical (unpaired) electrons. The highest BCUT2D eigenvalue weighted by Gasteiger charge is 2.20. The van der Waals surface area contributed by atoms with Crippen LogP contribution in [0.2, 0.25) is 0 Å². The molecular formula is C26H30N4O2. The Hall–Kier alpha value is -3.25. The molecule has 1 aliphatic rings. The van der Waals surface area contributed by atoms with Crippen LogP contribution in [0.3, 0.4) is 0 Å². The molecule has 1 unspecified atom stereocenters. The van der Waals surface area contributed by atoms with E-state index in [-0.39, 0.29) is 11.1 Å². The summed E-state index contributed by atoms with van der Waals surface area (Å²) in [6.07, 6.45) is 3.75. The molecule has 1 fully saturated rings. The largest absolute Gasteiger partial charge is 0.346 e. The van der Waals surface area contributed by atoms with Crippen molar-refractivity contribution in [1.82, 2.24) is 20.0 Å². The molecule has 0 bridgehead atoms. The van der Waals surface area contributed by atoms with Gasteiger partial charge in [-0.05, 0) is 56.5 Å². The number of aryl methyl sites for hydroxylation is 1. The van der Waals surface area contributed by atoms with Gasteiger partial charge in [0.2, 0.25) is 5.43 Å². The van der Waals surface area contributed by atoms with E-state index in [1.165, 1.54) is 30.9 Å². The first-order valence-electron chi connectivity index (χ1n) is 11.3. The van der Waals surface area contributed by atoms with E-state index in [0.717, 1.165) is 24.3 Å². The van der Waals surface area contributed by atoms with Crippen molar-refractivity contribution in [2.75, 3.05) is 6.54 Å². The molecule has 0 spiro atoms. The first-order chi connectivity index (χ1) is 15.5. The van der Waals surface area contributed by atoms with Crippen molar-refractivity contribution in [2.24, 2.45) is 0 Å². The maximum Gasteiger partial charge on any atom is 0.276 e. The molecule has 1 amide bonds. The predicted molar refractivity (Wildman–Crippen MR) is 126 cm³/mol. The van der Waals surface area contributed by atoms with Crippen molar-refractivity contribution < 1.29 is 4.79 Å². The minimum Gasteiger partial charge on any atom is -0.346 e. The maximum atomic E-state index is 12.9. The lowest BCUT2D eigenvalue weighted by Gasteiger charge is -2.33. The fraction of sp³-hybridized carbons (Fsp3) is 0.346. The summed E-state index contributed by atoms with van der Waals surface area (Å²) < 4.78 is 1.63. The third-order valence-corrected chi connectivity index (χ3v) is 6.20. The lowest BCUT2D eigenvalue weighted by Crippen LogP contribution is -2.37. The molecule has 1 atom stereocenters. The zero-order valence-corrected chi connectivity index (χ0v) is 18.8. The Morgan fingerprint density at radius 2 is 1.78 bits per heavy atom. The van der Waals surface area contributed by atoms with Crippen LogP contribution in [-0.2, 0) is 13.1 Å². The summed E-state index contributed by atoms with van der Waals surface area (Å²) in [5.74, 6) is -0.458. The van der Waals surface area contributed by atoms with Crippen LogP contribution in [-0.4, -0.2) is 33.2 Å². The second-order valence-corrected chi connectivity index (χ2v) is 8.51. The molecule has 1 aromatic heterocycles. The van der Waals surface area contributed by atoms with Crippen LogP contribution in [0.1, 0.15) is 53.5 Å². The molecule has 4 rings (SSSR count). The zero-order valence-electron chi connectivity index (χ0n) is 18.8. The van der Waals surface area contributed by atoms with Crippen LogP contribution >= 0.6 is 0 Å². The fourth-order valence-electron chi connectivity index (χ4n) is 4.29. The SMILES string of the molecule is Cc1cc(=O)c(C(=O)NCc2ccccc2CN2CCCCC2C)nn1-c1ccccc1. The van der Waals surface area contributed by atoms with Crippen molar-refractivity contribution >= 4 is 5.91 Å². The number of piperidine rings is 1. The summed E-state index contributed by atoms with van der Waals surface area (Å²) in [6, 6.07) is 19.7. The first-order valence-corrected chi connectivity index (χ1v) is 11.3. The molecule has 0 saturated carbocycles. The third kappa shape index (κ3) is 4.97. The normalized spacial score (nSPS) is 16.6. The second kappa shape index (κ2) is 9.92. The summed E-state index contributed by atoms with van der Waals surface area (Å²) in [4.78, 5) is 27.9. The van der Waals surface area contributed by atoms with Crippen molar-refractivity contribution in [3.8, 4) is 5.69 Å². The standard InChI is InChI=1S/C26H30N4O2/c1-19-10-8-9-15-29(19)18-22-12-7-6-11-21(22)17-27-26(32)25-24(31)16-20(2)30(28-25)23-13-4-3-5-14-23/h3-7,11-14,16,19H,8-10,15,17-18H2,1-2H3,(H,27,32). The Morgan fingerprint density at radius 3 is 2.53 bits per heavy atom. The van der Waals surface area contributed by atoms with E-state index in [4.69, 9.17) is 0 Å². The van der Waals surface area contributed by atoms with E-state index >= 15 is 0 Å². The number of carbonyl (C=O) groups is 1. The van der Waals surface area contributed by atoms with Crippen molar-refractivity contribution in [3.05, 3.63) is 93.4 Å². The molecule has 2 heterocycles. The Balaban J connectivity index is 1.51. The zero-order chi connectivity index (χ0) is 22.5.